The van der Waals surface area contributed by atoms with Gasteiger partial charge in [-0.1, -0.05) is 24.3 Å². The number of methoxy groups -OCH3 is 1. The van der Waals surface area contributed by atoms with Crippen molar-refractivity contribution < 1.29 is 18.7 Å². The van der Waals surface area contributed by atoms with Crippen LogP contribution in [0.4, 0.5) is 10.1 Å². The van der Waals surface area contributed by atoms with Crippen LogP contribution in [0.2, 0.25) is 0 Å². The molecule has 2 aromatic carbocycles. The summed E-state index contributed by atoms with van der Waals surface area (Å²) in [5.41, 5.74) is 2.27. The molecule has 0 bridgehead atoms. The van der Waals surface area contributed by atoms with Crippen LogP contribution in [0.15, 0.2) is 48.5 Å². The van der Waals surface area contributed by atoms with Gasteiger partial charge in [-0.05, 0) is 48.2 Å². The van der Waals surface area contributed by atoms with Crippen LogP contribution in [0.25, 0.3) is 11.1 Å². The van der Waals surface area contributed by atoms with Crippen molar-refractivity contribution in [3.63, 3.8) is 0 Å². The van der Waals surface area contributed by atoms with Crippen LogP contribution >= 0.6 is 0 Å². The molecule has 0 aliphatic carbocycles. The van der Waals surface area contributed by atoms with Gasteiger partial charge in [0.25, 0.3) is 0 Å². The smallest absolute Gasteiger partial charge is 0.249 e. The maximum absolute atomic E-state index is 13.3. The number of anilines is 1. The first kappa shape index (κ1) is 18.1. The fraction of sp³-hybridized carbons (Fsp3) is 0.300. The molecular formula is C20H21FN2O3. The van der Waals surface area contributed by atoms with Gasteiger partial charge in [0.1, 0.15) is 18.5 Å². The van der Waals surface area contributed by atoms with E-state index in [0.717, 1.165) is 17.5 Å². The normalized spacial score (nSPS) is 16.5. The lowest BCUT2D eigenvalue weighted by molar-refractivity contribution is -0.139. The Kier molecular flexibility index (Phi) is 5.63. The number of carbonyl (C=O) groups is 2. The second-order valence-electron chi connectivity index (χ2n) is 6.26. The van der Waals surface area contributed by atoms with Crippen molar-refractivity contribution in [3.05, 3.63) is 54.3 Å². The zero-order valence-corrected chi connectivity index (χ0v) is 14.6. The molecule has 0 radical (unpaired) electrons. The van der Waals surface area contributed by atoms with E-state index >= 15 is 0 Å². The minimum Gasteiger partial charge on any atom is -0.375 e. The lowest BCUT2D eigenvalue weighted by atomic mass is 10.1. The van der Waals surface area contributed by atoms with Crippen molar-refractivity contribution in [2.45, 2.75) is 18.9 Å². The second-order valence-corrected chi connectivity index (χ2v) is 6.26. The van der Waals surface area contributed by atoms with Crippen molar-refractivity contribution >= 4 is 17.5 Å². The van der Waals surface area contributed by atoms with Gasteiger partial charge in [0, 0.05) is 19.3 Å². The van der Waals surface area contributed by atoms with Gasteiger partial charge < -0.3 is 15.0 Å². The first-order valence-electron chi connectivity index (χ1n) is 8.54. The molecule has 0 saturated carbocycles. The zero-order chi connectivity index (χ0) is 18.5. The molecule has 2 amide bonds. The van der Waals surface area contributed by atoms with Crippen molar-refractivity contribution in [2.24, 2.45) is 0 Å². The van der Waals surface area contributed by atoms with Crippen molar-refractivity contribution in [3.8, 4) is 11.1 Å². The number of carbonyl (C=O) groups excluding carboxylic acids is 2. The average Bonchev–Trinajstić information content (AvgIpc) is 3.12. The summed E-state index contributed by atoms with van der Waals surface area (Å²) in [6, 6.07) is 13.1. The van der Waals surface area contributed by atoms with E-state index in [9.17, 15) is 14.0 Å². The number of hydrogen-bond donors (Lipinski definition) is 1. The van der Waals surface area contributed by atoms with E-state index in [1.165, 1.54) is 19.2 Å². The Morgan fingerprint density at radius 2 is 1.96 bits per heavy atom. The zero-order valence-electron chi connectivity index (χ0n) is 14.6. The van der Waals surface area contributed by atoms with Crippen LogP contribution in [0.3, 0.4) is 0 Å². The van der Waals surface area contributed by atoms with Gasteiger partial charge in [0.15, 0.2) is 0 Å². The van der Waals surface area contributed by atoms with Gasteiger partial charge in [-0.3, -0.25) is 9.59 Å². The van der Waals surface area contributed by atoms with Crippen LogP contribution in [0.1, 0.15) is 12.8 Å². The topological polar surface area (TPSA) is 58.6 Å². The van der Waals surface area contributed by atoms with Gasteiger partial charge in [0.05, 0.1) is 0 Å². The Balaban J connectivity index is 1.67. The fourth-order valence-electron chi connectivity index (χ4n) is 3.18. The van der Waals surface area contributed by atoms with Gasteiger partial charge in [-0.15, -0.1) is 0 Å². The molecule has 1 unspecified atom stereocenters. The lowest BCUT2D eigenvalue weighted by Gasteiger charge is -2.23. The molecule has 3 rings (SSSR count). The average molecular weight is 356 g/mol. The molecule has 1 fully saturated rings. The molecule has 5 nitrogen and oxygen atoms in total. The van der Waals surface area contributed by atoms with Crippen LogP contribution in [-0.2, 0) is 14.3 Å². The fourth-order valence-corrected chi connectivity index (χ4v) is 3.18. The molecule has 0 spiro atoms. The number of hydrogen-bond acceptors (Lipinski definition) is 3. The van der Waals surface area contributed by atoms with E-state index in [1.807, 2.05) is 18.2 Å². The lowest BCUT2D eigenvalue weighted by Crippen LogP contribution is -2.44. The van der Waals surface area contributed by atoms with E-state index in [0.29, 0.717) is 18.7 Å². The van der Waals surface area contributed by atoms with E-state index in [4.69, 9.17) is 4.74 Å². The predicted molar refractivity (Wildman–Crippen MR) is 97.1 cm³/mol. The van der Waals surface area contributed by atoms with Gasteiger partial charge in [0.2, 0.25) is 11.8 Å². The monoisotopic (exact) mass is 356 g/mol. The summed E-state index contributed by atoms with van der Waals surface area (Å²) >= 11 is 0. The predicted octanol–water partition coefficient (Wildman–Crippen LogP) is 3.07. The summed E-state index contributed by atoms with van der Waals surface area (Å²) in [5.74, 6) is -0.668. The Hall–Kier alpha value is -2.73. The maximum atomic E-state index is 13.3. The van der Waals surface area contributed by atoms with Gasteiger partial charge in [-0.2, -0.15) is 0 Å². The third kappa shape index (κ3) is 4.08. The van der Waals surface area contributed by atoms with Gasteiger partial charge >= 0.3 is 0 Å². The molecule has 1 saturated heterocycles. The highest BCUT2D eigenvalue weighted by molar-refractivity contribution is 5.97. The van der Waals surface area contributed by atoms with Gasteiger partial charge in [-0.25, -0.2) is 4.39 Å². The van der Waals surface area contributed by atoms with Crippen molar-refractivity contribution in [2.75, 3.05) is 25.6 Å². The number of likely N-dealkylation sites (tertiary alicyclic amines) is 1. The third-order valence-electron chi connectivity index (χ3n) is 4.45. The summed E-state index contributed by atoms with van der Waals surface area (Å²) in [4.78, 5) is 26.1. The first-order chi connectivity index (χ1) is 12.6. The van der Waals surface area contributed by atoms with Crippen LogP contribution in [-0.4, -0.2) is 43.0 Å². The molecule has 2 aromatic rings. The minimum absolute atomic E-state index is 0.0217. The van der Waals surface area contributed by atoms with Crippen LogP contribution in [0.5, 0.6) is 0 Å². The standard InChI is InChI=1S/C20H21FN2O3/c1-26-13-19(24)23-11-3-6-18(23)20(25)22-17-9-7-14(8-10-17)15-4-2-5-16(21)12-15/h2,4-5,7-10,12,18H,3,6,11,13H2,1H3,(H,22,25). The number of benzene rings is 2. The summed E-state index contributed by atoms with van der Waals surface area (Å²) < 4.78 is 18.2. The molecule has 1 heterocycles. The highest BCUT2D eigenvalue weighted by Crippen LogP contribution is 2.23. The van der Waals surface area contributed by atoms with E-state index in [1.54, 1.807) is 23.1 Å². The molecule has 136 valence electrons. The Morgan fingerprint density at radius 3 is 2.65 bits per heavy atom. The summed E-state index contributed by atoms with van der Waals surface area (Å²) in [6.07, 6.45) is 1.44. The summed E-state index contributed by atoms with van der Waals surface area (Å²) in [7, 11) is 1.46. The number of ether oxygens (including phenoxy) is 1. The van der Waals surface area contributed by atoms with Crippen molar-refractivity contribution in [1.29, 1.82) is 0 Å². The summed E-state index contributed by atoms with van der Waals surface area (Å²) in [6.45, 7) is 0.547. The molecule has 1 atom stereocenters. The van der Waals surface area contributed by atoms with Crippen molar-refractivity contribution in [1.82, 2.24) is 4.90 Å². The molecule has 6 heteroatoms. The Morgan fingerprint density at radius 1 is 1.19 bits per heavy atom. The van der Waals surface area contributed by atoms with Crippen LogP contribution < -0.4 is 5.32 Å². The maximum Gasteiger partial charge on any atom is 0.249 e. The highest BCUT2D eigenvalue weighted by Gasteiger charge is 2.33. The molecular weight excluding hydrogens is 335 g/mol. The van der Waals surface area contributed by atoms with E-state index in [-0.39, 0.29) is 24.2 Å². The number of amides is 2. The molecule has 1 N–H and O–H groups in total. The number of nitrogens with zero attached hydrogens (tertiary/aromatic N) is 1. The molecule has 26 heavy (non-hydrogen) atoms. The number of rotatable bonds is 5. The van der Waals surface area contributed by atoms with E-state index < -0.39 is 6.04 Å². The largest absolute Gasteiger partial charge is 0.375 e. The third-order valence-corrected chi connectivity index (χ3v) is 4.45. The SMILES string of the molecule is COCC(=O)N1CCCC1C(=O)Nc1ccc(-c2cccc(F)c2)cc1. The molecule has 0 aromatic heterocycles. The first-order valence-corrected chi connectivity index (χ1v) is 8.54. The minimum atomic E-state index is -0.472. The molecule has 1 aliphatic heterocycles. The quantitative estimate of drug-likeness (QED) is 0.896. The molecule has 1 aliphatic rings. The number of halogens is 1. The highest BCUT2D eigenvalue weighted by atomic mass is 19.1. The Labute approximate surface area is 151 Å². The Bertz CT molecular complexity index is 792. The second kappa shape index (κ2) is 8.10. The number of nitrogens with one attached hydrogen (secondary N) is 1. The van der Waals surface area contributed by atoms with Crippen LogP contribution in [0, 0.1) is 5.82 Å². The van der Waals surface area contributed by atoms with E-state index in [2.05, 4.69) is 5.32 Å². The summed E-state index contributed by atoms with van der Waals surface area (Å²) in [5, 5.41) is 2.85.